The zero-order chi connectivity index (χ0) is 22.8. The van der Waals surface area contributed by atoms with Gasteiger partial charge in [-0.3, -0.25) is 9.80 Å². The highest BCUT2D eigenvalue weighted by molar-refractivity contribution is 5.89. The molecule has 0 amide bonds. The second kappa shape index (κ2) is 10.0. The fraction of sp³-hybridized carbons (Fsp3) is 0.517. The van der Waals surface area contributed by atoms with E-state index in [1.165, 1.54) is 60.4 Å². The molecular formula is C29H40N4. The first-order valence-electron chi connectivity index (χ1n) is 12.9. The van der Waals surface area contributed by atoms with Crippen molar-refractivity contribution in [2.24, 2.45) is 0 Å². The number of fused-ring (bicyclic) bond motifs is 1. The Morgan fingerprint density at radius 2 is 1.70 bits per heavy atom. The van der Waals surface area contributed by atoms with Gasteiger partial charge in [-0.25, -0.2) is 0 Å². The fourth-order valence-corrected chi connectivity index (χ4v) is 5.83. The number of piperazine rings is 1. The summed E-state index contributed by atoms with van der Waals surface area (Å²) >= 11 is 0. The van der Waals surface area contributed by atoms with Gasteiger partial charge in [-0.2, -0.15) is 0 Å². The average Bonchev–Trinajstić information content (AvgIpc) is 3.28. The van der Waals surface area contributed by atoms with Gasteiger partial charge in [-0.1, -0.05) is 42.5 Å². The van der Waals surface area contributed by atoms with Gasteiger partial charge in [-0.15, -0.1) is 0 Å². The first kappa shape index (κ1) is 22.6. The van der Waals surface area contributed by atoms with Crippen molar-refractivity contribution < 1.29 is 0 Å². The summed E-state index contributed by atoms with van der Waals surface area (Å²) in [7, 11) is 2.26. The maximum Gasteiger partial charge on any atom is 0.0372 e. The van der Waals surface area contributed by atoms with E-state index in [-0.39, 0.29) is 0 Å². The summed E-state index contributed by atoms with van der Waals surface area (Å²) in [5.41, 5.74) is 7.03. The first-order valence-corrected chi connectivity index (χ1v) is 12.9. The number of likely N-dealkylation sites (N-methyl/N-ethyl adjacent to an activating group) is 1. The third-order valence-electron chi connectivity index (χ3n) is 8.14. The van der Waals surface area contributed by atoms with Crippen LogP contribution in [0.3, 0.4) is 0 Å². The van der Waals surface area contributed by atoms with Crippen LogP contribution in [-0.2, 0) is 6.42 Å². The van der Waals surface area contributed by atoms with Crippen LogP contribution in [0.1, 0.15) is 43.4 Å². The topological polar surface area (TPSA) is 21.8 Å². The highest BCUT2D eigenvalue weighted by Gasteiger charge is 2.26. The van der Waals surface area contributed by atoms with Gasteiger partial charge in [0.1, 0.15) is 0 Å². The van der Waals surface area contributed by atoms with Crippen molar-refractivity contribution in [2.45, 2.75) is 51.2 Å². The van der Waals surface area contributed by atoms with Gasteiger partial charge < -0.3 is 10.2 Å². The molecule has 0 spiro atoms. The molecule has 2 aliphatic heterocycles. The van der Waals surface area contributed by atoms with E-state index < -0.39 is 0 Å². The number of nitrogens with zero attached hydrogens (tertiary/aromatic N) is 3. The summed E-state index contributed by atoms with van der Waals surface area (Å²) in [6.45, 7) is 11.6. The van der Waals surface area contributed by atoms with E-state index >= 15 is 0 Å². The Balaban J connectivity index is 1.10. The zero-order valence-electron chi connectivity index (χ0n) is 20.6. The monoisotopic (exact) mass is 444 g/mol. The molecule has 0 saturated carbocycles. The summed E-state index contributed by atoms with van der Waals surface area (Å²) in [6.07, 6.45) is 5.88. The van der Waals surface area contributed by atoms with Gasteiger partial charge in [0.2, 0.25) is 0 Å². The quantitative estimate of drug-likeness (QED) is 0.714. The maximum absolute atomic E-state index is 3.86. The molecule has 176 valence electrons. The average molecular weight is 445 g/mol. The summed E-state index contributed by atoms with van der Waals surface area (Å²) in [4.78, 5) is 7.73. The molecule has 4 nitrogen and oxygen atoms in total. The number of benzene rings is 2. The summed E-state index contributed by atoms with van der Waals surface area (Å²) in [5.74, 6) is 0. The normalized spacial score (nSPS) is 24.7. The standard InChI is InChI=1S/C29H40N4/c1-22-20-32(21-23(2)31(22)3)16-13-30-28-11-14-33(15-12-28)29-10-6-9-26(19-29)27-17-24-7-4-5-8-25(24)18-27/h4-10,17,19,22-23,28,30H,11-16,18,20-21H2,1-3H3/t22-,23+. The van der Waals surface area contributed by atoms with Crippen molar-refractivity contribution in [1.82, 2.24) is 15.1 Å². The molecule has 5 rings (SSSR count). The van der Waals surface area contributed by atoms with Crippen LogP contribution in [0.4, 0.5) is 5.69 Å². The maximum atomic E-state index is 3.86. The molecule has 33 heavy (non-hydrogen) atoms. The second-order valence-corrected chi connectivity index (χ2v) is 10.4. The zero-order valence-corrected chi connectivity index (χ0v) is 20.6. The van der Waals surface area contributed by atoms with E-state index in [4.69, 9.17) is 0 Å². The van der Waals surface area contributed by atoms with E-state index in [9.17, 15) is 0 Å². The molecule has 2 heterocycles. The number of hydrogen-bond donors (Lipinski definition) is 1. The molecule has 2 fully saturated rings. The SMILES string of the molecule is C[C@@H]1CN(CCNC2CCN(c3cccc(C4=Cc5ccccc5C4)c3)CC2)C[C@H](C)N1C. The minimum atomic E-state index is 0.652. The Labute approximate surface area is 200 Å². The van der Waals surface area contributed by atoms with Crippen LogP contribution in [0.15, 0.2) is 48.5 Å². The highest BCUT2D eigenvalue weighted by Crippen LogP contribution is 2.33. The van der Waals surface area contributed by atoms with Gasteiger partial charge in [0.25, 0.3) is 0 Å². The van der Waals surface area contributed by atoms with E-state index in [1.54, 1.807) is 0 Å². The third kappa shape index (κ3) is 5.18. The number of anilines is 1. The molecule has 0 radical (unpaired) electrons. The van der Waals surface area contributed by atoms with Gasteiger partial charge in [0.05, 0.1) is 0 Å². The molecule has 0 aromatic heterocycles. The molecule has 0 unspecified atom stereocenters. The van der Waals surface area contributed by atoms with E-state index in [0.717, 1.165) is 26.1 Å². The van der Waals surface area contributed by atoms with Crippen molar-refractivity contribution >= 4 is 17.3 Å². The molecule has 1 aliphatic carbocycles. The van der Waals surface area contributed by atoms with Crippen LogP contribution in [0.5, 0.6) is 0 Å². The summed E-state index contributed by atoms with van der Waals surface area (Å²) < 4.78 is 0. The van der Waals surface area contributed by atoms with Gasteiger partial charge in [-0.05, 0) is 74.6 Å². The highest BCUT2D eigenvalue weighted by atomic mass is 15.3. The molecule has 1 N–H and O–H groups in total. The molecule has 4 heteroatoms. The van der Waals surface area contributed by atoms with Gasteiger partial charge >= 0.3 is 0 Å². The third-order valence-corrected chi connectivity index (χ3v) is 8.14. The number of piperidine rings is 1. The minimum Gasteiger partial charge on any atom is -0.371 e. The lowest BCUT2D eigenvalue weighted by molar-refractivity contribution is 0.0602. The lowest BCUT2D eigenvalue weighted by Gasteiger charge is -2.42. The largest absolute Gasteiger partial charge is 0.371 e. The van der Waals surface area contributed by atoms with Gasteiger partial charge in [0, 0.05) is 63.1 Å². The van der Waals surface area contributed by atoms with Crippen LogP contribution < -0.4 is 10.2 Å². The Kier molecular flexibility index (Phi) is 6.86. The first-order chi connectivity index (χ1) is 16.1. The Morgan fingerprint density at radius 1 is 0.939 bits per heavy atom. The number of allylic oxidation sites excluding steroid dienone is 1. The second-order valence-electron chi connectivity index (χ2n) is 10.4. The summed E-state index contributed by atoms with van der Waals surface area (Å²) in [6, 6.07) is 19.9. The minimum absolute atomic E-state index is 0.652. The summed E-state index contributed by atoms with van der Waals surface area (Å²) in [5, 5.41) is 3.86. The fourth-order valence-electron chi connectivity index (χ4n) is 5.83. The van der Waals surface area contributed by atoms with E-state index in [1.807, 2.05) is 0 Å². The molecule has 0 bridgehead atoms. The molecule has 2 saturated heterocycles. The van der Waals surface area contributed by atoms with Crippen molar-refractivity contribution in [3.8, 4) is 0 Å². The number of rotatable bonds is 6. The smallest absolute Gasteiger partial charge is 0.0372 e. The Bertz CT molecular complexity index is 963. The van der Waals surface area contributed by atoms with Crippen molar-refractivity contribution in [1.29, 1.82) is 0 Å². The Hall–Kier alpha value is -2.14. The van der Waals surface area contributed by atoms with E-state index in [2.05, 4.69) is 95.5 Å². The van der Waals surface area contributed by atoms with E-state index in [0.29, 0.717) is 18.1 Å². The molecule has 3 aliphatic rings. The molecule has 2 aromatic carbocycles. The van der Waals surface area contributed by atoms with Crippen LogP contribution in [0.25, 0.3) is 11.6 Å². The Morgan fingerprint density at radius 3 is 2.45 bits per heavy atom. The van der Waals surface area contributed by atoms with Gasteiger partial charge in [0.15, 0.2) is 0 Å². The van der Waals surface area contributed by atoms with Crippen LogP contribution in [0.2, 0.25) is 0 Å². The molecule has 2 aromatic rings. The lowest BCUT2D eigenvalue weighted by atomic mass is 10.0. The molecular weight excluding hydrogens is 404 g/mol. The van der Waals surface area contributed by atoms with Crippen molar-refractivity contribution in [3.05, 3.63) is 65.2 Å². The number of hydrogen-bond acceptors (Lipinski definition) is 4. The lowest BCUT2D eigenvalue weighted by Crippen LogP contribution is -2.56. The number of nitrogens with one attached hydrogen (secondary N) is 1. The predicted octanol–water partition coefficient (Wildman–Crippen LogP) is 4.37. The van der Waals surface area contributed by atoms with Crippen molar-refractivity contribution in [2.75, 3.05) is 51.2 Å². The predicted molar refractivity (Wildman–Crippen MR) is 141 cm³/mol. The van der Waals surface area contributed by atoms with Crippen LogP contribution in [0, 0.1) is 0 Å². The molecule has 2 atom stereocenters. The van der Waals surface area contributed by atoms with Crippen LogP contribution in [-0.4, -0.2) is 74.2 Å². The van der Waals surface area contributed by atoms with Crippen molar-refractivity contribution in [3.63, 3.8) is 0 Å². The van der Waals surface area contributed by atoms with Crippen LogP contribution >= 0.6 is 0 Å².